The van der Waals surface area contributed by atoms with Gasteiger partial charge in [0.25, 0.3) is 5.69 Å². The molecule has 1 saturated carbocycles. The number of hydrogen-bond donors (Lipinski definition) is 1. The molecule has 0 amide bonds. The van der Waals surface area contributed by atoms with Gasteiger partial charge in [0.2, 0.25) is 0 Å². The predicted octanol–water partition coefficient (Wildman–Crippen LogP) is 4.53. The van der Waals surface area contributed by atoms with Crippen LogP contribution in [0.4, 0.5) is 11.4 Å². The molecule has 1 fully saturated rings. The fourth-order valence-corrected chi connectivity index (χ4v) is 3.26. The summed E-state index contributed by atoms with van der Waals surface area (Å²) < 4.78 is 4.77. The van der Waals surface area contributed by atoms with Crippen LogP contribution in [0.15, 0.2) is 42.5 Å². The second-order valence-electron chi connectivity index (χ2n) is 6.05. The lowest BCUT2D eigenvalue weighted by atomic mass is 9.71. The fourth-order valence-electron chi connectivity index (χ4n) is 3.10. The van der Waals surface area contributed by atoms with E-state index in [4.69, 9.17) is 16.3 Å². The van der Waals surface area contributed by atoms with Gasteiger partial charge < -0.3 is 10.1 Å². The number of nitrogens with one attached hydrogen (secondary N) is 1. The Hall–Kier alpha value is -2.60. The third-order valence-corrected chi connectivity index (χ3v) is 4.81. The first-order valence-electron chi connectivity index (χ1n) is 7.86. The lowest BCUT2D eigenvalue weighted by molar-refractivity contribution is -0.384. The Balaban J connectivity index is 1.98. The largest absolute Gasteiger partial charge is 0.465 e. The van der Waals surface area contributed by atoms with Crippen molar-refractivity contribution in [1.29, 1.82) is 0 Å². The Bertz CT molecular complexity index is 834. The van der Waals surface area contributed by atoms with E-state index in [1.165, 1.54) is 13.2 Å². The number of carbonyl (C=O) groups excluding carboxylic acids is 1. The number of benzene rings is 2. The van der Waals surface area contributed by atoms with Crippen LogP contribution in [0, 0.1) is 10.1 Å². The number of halogens is 1. The summed E-state index contributed by atoms with van der Waals surface area (Å²) in [5.74, 6) is -0.409. The summed E-state index contributed by atoms with van der Waals surface area (Å²) in [6.45, 7) is 0. The highest BCUT2D eigenvalue weighted by atomic mass is 35.5. The van der Waals surface area contributed by atoms with Crippen molar-refractivity contribution in [3.05, 3.63) is 68.7 Å². The molecule has 0 spiro atoms. The van der Waals surface area contributed by atoms with Crippen LogP contribution in [0.3, 0.4) is 0 Å². The molecule has 2 aromatic rings. The first-order valence-corrected chi connectivity index (χ1v) is 8.24. The van der Waals surface area contributed by atoms with Gasteiger partial charge in [-0.15, -0.1) is 0 Å². The van der Waals surface area contributed by atoms with E-state index in [1.54, 1.807) is 30.3 Å². The Morgan fingerprint density at radius 1 is 1.28 bits per heavy atom. The molecule has 0 saturated heterocycles. The number of esters is 1. The molecule has 2 aromatic carbocycles. The molecule has 0 aliphatic heterocycles. The quantitative estimate of drug-likeness (QED) is 0.481. The molecule has 1 aliphatic carbocycles. The average molecular weight is 361 g/mol. The highest BCUT2D eigenvalue weighted by Gasteiger charge is 2.40. The van der Waals surface area contributed by atoms with Crippen LogP contribution < -0.4 is 5.32 Å². The van der Waals surface area contributed by atoms with E-state index >= 15 is 0 Å². The van der Waals surface area contributed by atoms with E-state index in [1.807, 2.05) is 6.07 Å². The minimum absolute atomic E-state index is 0.0668. The summed E-state index contributed by atoms with van der Waals surface area (Å²) in [5.41, 5.74) is 1.27. The molecular formula is C18H17ClN2O4. The van der Waals surface area contributed by atoms with Crippen LogP contribution in [-0.2, 0) is 10.3 Å². The van der Waals surface area contributed by atoms with E-state index in [0.717, 1.165) is 24.8 Å². The van der Waals surface area contributed by atoms with Gasteiger partial charge in [-0.3, -0.25) is 10.1 Å². The Morgan fingerprint density at radius 3 is 2.64 bits per heavy atom. The van der Waals surface area contributed by atoms with Gasteiger partial charge in [0, 0.05) is 11.1 Å². The second-order valence-corrected chi connectivity index (χ2v) is 6.49. The standard InChI is InChI=1S/C18H17ClN2O4/c1-25-17(22)12-4-2-5-13(10-12)18(8-3-9-18)20-15-7-6-14(19)11-16(15)21(23)24/h2,4-7,10-11,20H,3,8-9H2,1H3. The fraction of sp³-hybridized carbons (Fsp3) is 0.278. The van der Waals surface area contributed by atoms with Gasteiger partial charge >= 0.3 is 5.97 Å². The molecule has 0 atom stereocenters. The number of carbonyl (C=O) groups is 1. The van der Waals surface area contributed by atoms with Crippen molar-refractivity contribution in [2.45, 2.75) is 24.8 Å². The minimum atomic E-state index is -0.453. The summed E-state index contributed by atoms with van der Waals surface area (Å²) >= 11 is 5.88. The highest BCUT2D eigenvalue weighted by Crippen LogP contribution is 2.46. The molecule has 25 heavy (non-hydrogen) atoms. The minimum Gasteiger partial charge on any atom is -0.465 e. The first-order chi connectivity index (χ1) is 11.9. The molecule has 3 rings (SSSR count). The number of ether oxygens (including phenoxy) is 1. The maximum absolute atomic E-state index is 11.8. The van der Waals surface area contributed by atoms with Crippen molar-refractivity contribution >= 4 is 28.9 Å². The molecule has 6 nitrogen and oxygen atoms in total. The number of nitro benzene ring substituents is 1. The van der Waals surface area contributed by atoms with Crippen LogP contribution in [0.2, 0.25) is 5.02 Å². The van der Waals surface area contributed by atoms with Crippen molar-refractivity contribution in [1.82, 2.24) is 0 Å². The molecule has 0 bridgehead atoms. The Labute approximate surface area is 149 Å². The zero-order valence-electron chi connectivity index (χ0n) is 13.6. The monoisotopic (exact) mass is 360 g/mol. The summed E-state index contributed by atoms with van der Waals surface area (Å²) in [4.78, 5) is 22.7. The summed E-state index contributed by atoms with van der Waals surface area (Å²) in [7, 11) is 1.34. The molecule has 0 unspecified atom stereocenters. The average Bonchev–Trinajstić information content (AvgIpc) is 2.58. The SMILES string of the molecule is COC(=O)c1cccc(C2(Nc3ccc(Cl)cc3[N+](=O)[O-])CCC2)c1. The second kappa shape index (κ2) is 6.72. The van der Waals surface area contributed by atoms with Crippen molar-refractivity contribution in [3.8, 4) is 0 Å². The first kappa shape index (κ1) is 17.2. The molecule has 1 N–H and O–H groups in total. The molecule has 0 aromatic heterocycles. The third kappa shape index (κ3) is 3.30. The van der Waals surface area contributed by atoms with Gasteiger partial charge in [0.05, 0.1) is 23.1 Å². The zero-order chi connectivity index (χ0) is 18.0. The van der Waals surface area contributed by atoms with Crippen LogP contribution in [-0.4, -0.2) is 18.0 Å². The smallest absolute Gasteiger partial charge is 0.337 e. The molecule has 0 radical (unpaired) electrons. The Kier molecular flexibility index (Phi) is 4.63. The van der Waals surface area contributed by atoms with Crippen molar-refractivity contribution in [2.24, 2.45) is 0 Å². The molecular weight excluding hydrogens is 344 g/mol. The lowest BCUT2D eigenvalue weighted by Crippen LogP contribution is -2.42. The van der Waals surface area contributed by atoms with Crippen LogP contribution in [0.5, 0.6) is 0 Å². The van der Waals surface area contributed by atoms with E-state index in [2.05, 4.69) is 5.32 Å². The van der Waals surface area contributed by atoms with E-state index < -0.39 is 16.4 Å². The number of rotatable bonds is 5. The van der Waals surface area contributed by atoms with E-state index in [0.29, 0.717) is 16.3 Å². The van der Waals surface area contributed by atoms with Crippen LogP contribution in [0.25, 0.3) is 0 Å². The molecule has 0 heterocycles. The normalized spacial score (nSPS) is 15.1. The maximum Gasteiger partial charge on any atom is 0.337 e. The van der Waals surface area contributed by atoms with E-state index in [-0.39, 0.29) is 5.69 Å². The summed E-state index contributed by atoms with van der Waals surface area (Å²) in [6, 6.07) is 11.7. The number of methoxy groups -OCH3 is 1. The van der Waals surface area contributed by atoms with Gasteiger partial charge in [0.1, 0.15) is 5.69 Å². The van der Waals surface area contributed by atoms with Crippen molar-refractivity contribution in [3.63, 3.8) is 0 Å². The number of nitro groups is 1. The topological polar surface area (TPSA) is 81.5 Å². The number of nitrogens with zero attached hydrogens (tertiary/aromatic N) is 1. The molecule has 1 aliphatic rings. The summed E-state index contributed by atoms with van der Waals surface area (Å²) in [5, 5.41) is 15.0. The summed E-state index contributed by atoms with van der Waals surface area (Å²) in [6.07, 6.45) is 2.63. The predicted molar refractivity (Wildman–Crippen MR) is 95.0 cm³/mol. The maximum atomic E-state index is 11.8. The van der Waals surface area contributed by atoms with Gasteiger partial charge in [-0.2, -0.15) is 0 Å². The van der Waals surface area contributed by atoms with Crippen LogP contribution in [0.1, 0.15) is 35.2 Å². The molecule has 7 heteroatoms. The van der Waals surface area contributed by atoms with Gasteiger partial charge in [-0.1, -0.05) is 23.7 Å². The Morgan fingerprint density at radius 2 is 2.04 bits per heavy atom. The number of hydrogen-bond acceptors (Lipinski definition) is 5. The van der Waals surface area contributed by atoms with Crippen LogP contribution >= 0.6 is 11.6 Å². The zero-order valence-corrected chi connectivity index (χ0v) is 14.4. The van der Waals surface area contributed by atoms with Crippen molar-refractivity contribution < 1.29 is 14.5 Å². The van der Waals surface area contributed by atoms with Gasteiger partial charge in [-0.05, 0) is 49.1 Å². The van der Waals surface area contributed by atoms with Gasteiger partial charge in [0.15, 0.2) is 0 Å². The lowest BCUT2D eigenvalue weighted by Gasteiger charge is -2.44. The molecule has 130 valence electrons. The van der Waals surface area contributed by atoms with E-state index in [9.17, 15) is 14.9 Å². The highest BCUT2D eigenvalue weighted by molar-refractivity contribution is 6.30. The van der Waals surface area contributed by atoms with Crippen molar-refractivity contribution in [2.75, 3.05) is 12.4 Å². The number of anilines is 1. The third-order valence-electron chi connectivity index (χ3n) is 4.57. The van der Waals surface area contributed by atoms with Gasteiger partial charge in [-0.25, -0.2) is 4.79 Å².